The highest BCUT2D eigenvalue weighted by molar-refractivity contribution is 5.40. The van der Waals surface area contributed by atoms with E-state index in [1.807, 2.05) is 12.1 Å². The van der Waals surface area contributed by atoms with Crippen molar-refractivity contribution >= 4 is 0 Å². The lowest BCUT2D eigenvalue weighted by Crippen LogP contribution is -2.49. The molecule has 0 aromatic heterocycles. The molecule has 3 aliphatic rings. The van der Waals surface area contributed by atoms with Crippen LogP contribution < -0.4 is 0 Å². The fourth-order valence-corrected chi connectivity index (χ4v) is 5.81. The Bertz CT molecular complexity index is 577. The Hall–Kier alpha value is -1.02. The summed E-state index contributed by atoms with van der Waals surface area (Å²) in [5.41, 5.74) is 2.43. The molecule has 0 unspecified atom stereocenters. The Labute approximate surface area is 127 Å². The molecule has 1 aromatic rings. The Morgan fingerprint density at radius 1 is 1.10 bits per heavy atom. The van der Waals surface area contributed by atoms with Gasteiger partial charge in [0, 0.05) is 0 Å². The van der Waals surface area contributed by atoms with Gasteiger partial charge in [-0.15, -0.1) is 0 Å². The van der Waals surface area contributed by atoms with Crippen LogP contribution >= 0.6 is 0 Å². The van der Waals surface area contributed by atoms with E-state index in [-0.39, 0.29) is 5.41 Å². The maximum Gasteiger partial charge on any atom is 0.115 e. The number of aromatic hydroxyl groups is 1. The van der Waals surface area contributed by atoms with Crippen LogP contribution in [0.15, 0.2) is 18.2 Å². The van der Waals surface area contributed by atoms with Crippen LogP contribution in [-0.4, -0.2) is 15.8 Å². The van der Waals surface area contributed by atoms with E-state index in [4.69, 9.17) is 0 Å². The van der Waals surface area contributed by atoms with Crippen LogP contribution in [0, 0.1) is 17.3 Å². The van der Waals surface area contributed by atoms with Crippen molar-refractivity contribution in [2.45, 2.75) is 63.9 Å². The van der Waals surface area contributed by atoms with Gasteiger partial charge in [-0.1, -0.05) is 13.0 Å². The predicted octanol–water partition coefficient (Wildman–Crippen LogP) is 4.00. The van der Waals surface area contributed by atoms with Gasteiger partial charge in [-0.2, -0.15) is 0 Å². The monoisotopic (exact) mass is 286 g/mol. The largest absolute Gasteiger partial charge is 0.508 e. The van der Waals surface area contributed by atoms with Crippen molar-refractivity contribution in [3.8, 4) is 5.75 Å². The van der Waals surface area contributed by atoms with Crippen LogP contribution in [0.1, 0.15) is 63.0 Å². The van der Waals surface area contributed by atoms with Gasteiger partial charge in [0.25, 0.3) is 0 Å². The molecule has 2 fully saturated rings. The number of rotatable bonds is 0. The molecule has 5 atom stereocenters. The third kappa shape index (κ3) is 1.75. The number of hydrogen-bond donors (Lipinski definition) is 2. The molecule has 0 spiro atoms. The third-order valence-corrected chi connectivity index (χ3v) is 7.27. The molecule has 1 aromatic carbocycles. The van der Waals surface area contributed by atoms with Gasteiger partial charge in [0.05, 0.1) is 5.60 Å². The molecule has 2 heteroatoms. The summed E-state index contributed by atoms with van der Waals surface area (Å²) >= 11 is 0. The Morgan fingerprint density at radius 2 is 1.90 bits per heavy atom. The van der Waals surface area contributed by atoms with Gasteiger partial charge in [0.2, 0.25) is 0 Å². The van der Waals surface area contributed by atoms with Gasteiger partial charge >= 0.3 is 0 Å². The van der Waals surface area contributed by atoms with Gasteiger partial charge < -0.3 is 10.2 Å². The Balaban J connectivity index is 1.72. The standard InChI is InChI=1S/C19H26O2/c1-18-9-7-15-14-6-4-13(20)11-12(14)3-5-16(15)17(18)8-10-19(18,2)21/h4,6,11,15-17,20-21H,3,5,7-10H2,1-2H3/t15-,16-,17+,18+,19-/m1/s1. The molecule has 0 saturated heterocycles. The van der Waals surface area contributed by atoms with Gasteiger partial charge in [-0.05, 0) is 91.9 Å². The smallest absolute Gasteiger partial charge is 0.115 e. The van der Waals surface area contributed by atoms with E-state index >= 15 is 0 Å². The van der Waals surface area contributed by atoms with E-state index in [0.29, 0.717) is 17.6 Å². The quantitative estimate of drug-likeness (QED) is 0.757. The summed E-state index contributed by atoms with van der Waals surface area (Å²) in [7, 11) is 0. The van der Waals surface area contributed by atoms with Crippen molar-refractivity contribution in [1.82, 2.24) is 0 Å². The molecule has 0 amide bonds. The normalized spacial score (nSPS) is 44.8. The zero-order valence-corrected chi connectivity index (χ0v) is 13.1. The number of phenolic OH excluding ortho intramolecular Hbond substituents is 1. The van der Waals surface area contributed by atoms with E-state index in [1.165, 1.54) is 30.4 Å². The molecule has 0 heterocycles. The highest BCUT2D eigenvalue weighted by Gasteiger charge is 2.59. The molecule has 2 N–H and O–H groups in total. The fraction of sp³-hybridized carbons (Fsp3) is 0.684. The third-order valence-electron chi connectivity index (χ3n) is 7.27. The highest BCUT2D eigenvalue weighted by atomic mass is 16.3. The minimum absolute atomic E-state index is 0.0998. The van der Waals surface area contributed by atoms with Gasteiger partial charge in [0.15, 0.2) is 0 Å². The summed E-state index contributed by atoms with van der Waals surface area (Å²) in [4.78, 5) is 0. The lowest BCUT2D eigenvalue weighted by atomic mass is 9.53. The number of phenols is 1. The molecule has 4 rings (SSSR count). The van der Waals surface area contributed by atoms with E-state index in [9.17, 15) is 10.2 Å². The van der Waals surface area contributed by atoms with E-state index in [2.05, 4.69) is 19.9 Å². The van der Waals surface area contributed by atoms with E-state index < -0.39 is 5.60 Å². The van der Waals surface area contributed by atoms with Crippen LogP contribution in [-0.2, 0) is 6.42 Å². The first-order chi connectivity index (χ1) is 9.92. The summed E-state index contributed by atoms with van der Waals surface area (Å²) < 4.78 is 0. The fourth-order valence-electron chi connectivity index (χ4n) is 5.81. The Kier molecular flexibility index (Phi) is 2.76. The van der Waals surface area contributed by atoms with Crippen LogP contribution in [0.4, 0.5) is 0 Å². The maximum atomic E-state index is 10.8. The zero-order valence-electron chi connectivity index (χ0n) is 13.1. The summed E-state index contributed by atoms with van der Waals surface area (Å²) in [6.07, 6.45) is 6.76. The SMILES string of the molecule is C[C@]12CC[C@@H]3c4ccc(O)cc4CC[C@H]3[C@@H]1CC[C@@]2(C)O. The van der Waals surface area contributed by atoms with Crippen LogP contribution in [0.25, 0.3) is 0 Å². The predicted molar refractivity (Wildman–Crippen MR) is 83.3 cm³/mol. The highest BCUT2D eigenvalue weighted by Crippen LogP contribution is 2.64. The first-order valence-electron chi connectivity index (χ1n) is 8.46. The number of aliphatic hydroxyl groups is 1. The van der Waals surface area contributed by atoms with Crippen LogP contribution in [0.5, 0.6) is 5.75 Å². The van der Waals surface area contributed by atoms with Crippen molar-refractivity contribution in [3.63, 3.8) is 0 Å². The van der Waals surface area contributed by atoms with Crippen molar-refractivity contribution in [2.24, 2.45) is 17.3 Å². The average molecular weight is 286 g/mol. The van der Waals surface area contributed by atoms with Crippen LogP contribution in [0.3, 0.4) is 0 Å². The molecule has 2 nitrogen and oxygen atoms in total. The van der Waals surface area contributed by atoms with Crippen molar-refractivity contribution in [3.05, 3.63) is 29.3 Å². The Morgan fingerprint density at radius 3 is 2.71 bits per heavy atom. The second kappa shape index (κ2) is 4.25. The van der Waals surface area contributed by atoms with Crippen LogP contribution in [0.2, 0.25) is 0 Å². The van der Waals surface area contributed by atoms with Gasteiger partial charge in [-0.3, -0.25) is 0 Å². The zero-order chi connectivity index (χ0) is 14.8. The summed E-state index contributed by atoms with van der Waals surface area (Å²) in [6, 6.07) is 5.96. The second-order valence-corrected chi connectivity index (χ2v) is 8.07. The molecular formula is C19H26O2. The minimum atomic E-state index is -0.488. The molecule has 0 radical (unpaired) electrons. The first kappa shape index (κ1) is 13.6. The topological polar surface area (TPSA) is 40.5 Å². The van der Waals surface area contributed by atoms with Crippen molar-refractivity contribution < 1.29 is 10.2 Å². The summed E-state index contributed by atoms with van der Waals surface area (Å²) in [6.45, 7) is 4.38. The molecular weight excluding hydrogens is 260 g/mol. The van der Waals surface area contributed by atoms with E-state index in [1.54, 1.807) is 0 Å². The number of fused-ring (bicyclic) bond motifs is 5. The lowest BCUT2D eigenvalue weighted by Gasteiger charge is -2.52. The summed E-state index contributed by atoms with van der Waals surface area (Å²) in [5, 5.41) is 20.5. The number of benzene rings is 1. The van der Waals surface area contributed by atoms with Crippen molar-refractivity contribution in [2.75, 3.05) is 0 Å². The molecule has 2 saturated carbocycles. The number of aryl methyl sites for hydroxylation is 1. The van der Waals surface area contributed by atoms with Crippen molar-refractivity contribution in [1.29, 1.82) is 0 Å². The molecule has 0 aliphatic heterocycles. The van der Waals surface area contributed by atoms with Gasteiger partial charge in [-0.25, -0.2) is 0 Å². The maximum absolute atomic E-state index is 10.8. The molecule has 3 aliphatic carbocycles. The molecule has 21 heavy (non-hydrogen) atoms. The number of hydrogen-bond acceptors (Lipinski definition) is 2. The van der Waals surface area contributed by atoms with E-state index in [0.717, 1.165) is 25.2 Å². The lowest BCUT2D eigenvalue weighted by molar-refractivity contribution is -0.0901. The average Bonchev–Trinajstić information content (AvgIpc) is 2.69. The first-order valence-corrected chi connectivity index (χ1v) is 8.46. The molecule has 0 bridgehead atoms. The second-order valence-electron chi connectivity index (χ2n) is 8.07. The molecule has 114 valence electrons. The summed E-state index contributed by atoms with van der Waals surface area (Å²) in [5.74, 6) is 2.42. The van der Waals surface area contributed by atoms with Gasteiger partial charge in [0.1, 0.15) is 5.75 Å². The minimum Gasteiger partial charge on any atom is -0.508 e.